The number of hydrogen-bond acceptors (Lipinski definition) is 4. The van der Waals surface area contributed by atoms with Gasteiger partial charge in [-0.25, -0.2) is 21.9 Å². The van der Waals surface area contributed by atoms with Gasteiger partial charge in [0.2, 0.25) is 10.0 Å². The molecular formula is C17H21FN4O3S. The van der Waals surface area contributed by atoms with Crippen molar-refractivity contribution in [3.05, 3.63) is 53.6 Å². The summed E-state index contributed by atoms with van der Waals surface area (Å²) in [7, 11) is -1.96. The number of amides is 2. The standard InChI is InChI=1S/C17H21FN4O3S/c1-4-26(24,25)22(3)11-13-7-14(18)9-16(8-13)21-17(23)20-15-6-5-12(2)19-10-15/h5-10H,4,11H2,1-3H3,(H2,20,21,23). The van der Waals surface area contributed by atoms with Crippen LogP contribution in [0.1, 0.15) is 18.2 Å². The zero-order valence-electron chi connectivity index (χ0n) is 14.8. The lowest BCUT2D eigenvalue weighted by Crippen LogP contribution is -2.28. The maximum Gasteiger partial charge on any atom is 0.323 e. The van der Waals surface area contributed by atoms with Crippen molar-refractivity contribution in [3.63, 3.8) is 0 Å². The van der Waals surface area contributed by atoms with Gasteiger partial charge in [-0.2, -0.15) is 0 Å². The molecule has 2 aromatic rings. The lowest BCUT2D eigenvalue weighted by atomic mass is 10.2. The summed E-state index contributed by atoms with van der Waals surface area (Å²) in [5, 5.41) is 5.12. The van der Waals surface area contributed by atoms with Gasteiger partial charge in [-0.1, -0.05) is 0 Å². The van der Waals surface area contributed by atoms with Crippen molar-refractivity contribution in [2.24, 2.45) is 0 Å². The third-order valence-electron chi connectivity index (χ3n) is 3.63. The van der Waals surface area contributed by atoms with Crippen LogP contribution in [0.25, 0.3) is 0 Å². The van der Waals surface area contributed by atoms with E-state index < -0.39 is 21.9 Å². The van der Waals surface area contributed by atoms with Crippen LogP contribution in [0.2, 0.25) is 0 Å². The van der Waals surface area contributed by atoms with E-state index >= 15 is 0 Å². The van der Waals surface area contributed by atoms with Gasteiger partial charge >= 0.3 is 6.03 Å². The van der Waals surface area contributed by atoms with Crippen LogP contribution < -0.4 is 10.6 Å². The van der Waals surface area contributed by atoms with Crippen LogP contribution in [0.15, 0.2) is 36.5 Å². The predicted molar refractivity (Wildman–Crippen MR) is 98.9 cm³/mol. The number of rotatable bonds is 6. The number of halogens is 1. The number of aryl methyl sites for hydroxylation is 1. The first-order chi connectivity index (χ1) is 12.2. The molecule has 0 bridgehead atoms. The number of pyridine rings is 1. The molecule has 9 heteroatoms. The molecule has 2 N–H and O–H groups in total. The first kappa shape index (κ1) is 19.8. The van der Waals surface area contributed by atoms with Gasteiger partial charge in [-0.15, -0.1) is 0 Å². The number of aromatic nitrogens is 1. The highest BCUT2D eigenvalue weighted by molar-refractivity contribution is 7.89. The van der Waals surface area contributed by atoms with Crippen LogP contribution in [0.4, 0.5) is 20.6 Å². The average Bonchev–Trinajstić information content (AvgIpc) is 2.56. The van der Waals surface area contributed by atoms with E-state index in [9.17, 15) is 17.6 Å². The van der Waals surface area contributed by atoms with E-state index in [0.29, 0.717) is 11.3 Å². The quantitative estimate of drug-likeness (QED) is 0.806. The number of hydrogen-bond donors (Lipinski definition) is 2. The smallest absolute Gasteiger partial charge is 0.308 e. The molecule has 0 aliphatic rings. The van der Waals surface area contributed by atoms with E-state index in [2.05, 4.69) is 15.6 Å². The molecule has 0 radical (unpaired) electrons. The Morgan fingerprint density at radius 2 is 1.88 bits per heavy atom. The minimum Gasteiger partial charge on any atom is -0.308 e. The van der Waals surface area contributed by atoms with Crippen LogP contribution in [0.5, 0.6) is 0 Å². The van der Waals surface area contributed by atoms with E-state index in [4.69, 9.17) is 0 Å². The summed E-state index contributed by atoms with van der Waals surface area (Å²) >= 11 is 0. The Morgan fingerprint density at radius 1 is 1.19 bits per heavy atom. The molecular weight excluding hydrogens is 359 g/mol. The highest BCUT2D eigenvalue weighted by atomic mass is 32.2. The van der Waals surface area contributed by atoms with Crippen molar-refractivity contribution in [1.82, 2.24) is 9.29 Å². The second kappa shape index (κ2) is 8.24. The van der Waals surface area contributed by atoms with E-state index in [-0.39, 0.29) is 18.0 Å². The molecule has 0 fully saturated rings. The number of carbonyl (C=O) groups is 1. The molecule has 0 saturated carbocycles. The fourth-order valence-corrected chi connectivity index (χ4v) is 3.01. The first-order valence-electron chi connectivity index (χ1n) is 7.94. The predicted octanol–water partition coefficient (Wildman–Crippen LogP) is 2.95. The third-order valence-corrected chi connectivity index (χ3v) is 5.44. The molecule has 140 valence electrons. The minimum absolute atomic E-state index is 0.00607. The van der Waals surface area contributed by atoms with Gasteiger partial charge in [0.05, 0.1) is 17.6 Å². The number of nitrogens with zero attached hydrogens (tertiary/aromatic N) is 2. The Kier molecular flexibility index (Phi) is 6.27. The van der Waals surface area contributed by atoms with Gasteiger partial charge in [0.15, 0.2) is 0 Å². The molecule has 2 amide bonds. The monoisotopic (exact) mass is 380 g/mol. The first-order valence-corrected chi connectivity index (χ1v) is 9.54. The molecule has 0 aliphatic carbocycles. The maximum atomic E-state index is 13.8. The van der Waals surface area contributed by atoms with Crippen LogP contribution >= 0.6 is 0 Å². The molecule has 7 nitrogen and oxygen atoms in total. The Bertz CT molecular complexity index is 885. The maximum absolute atomic E-state index is 13.8. The minimum atomic E-state index is -3.39. The van der Waals surface area contributed by atoms with Crippen LogP contribution in [0.3, 0.4) is 0 Å². The van der Waals surface area contributed by atoms with Crippen molar-refractivity contribution in [2.45, 2.75) is 20.4 Å². The molecule has 1 aromatic heterocycles. The normalized spacial score (nSPS) is 11.4. The Balaban J connectivity index is 2.09. The zero-order valence-corrected chi connectivity index (χ0v) is 15.6. The van der Waals surface area contributed by atoms with Gasteiger partial charge in [-0.3, -0.25) is 4.98 Å². The molecule has 26 heavy (non-hydrogen) atoms. The number of benzene rings is 1. The lowest BCUT2D eigenvalue weighted by molar-refractivity contribution is 0.262. The highest BCUT2D eigenvalue weighted by Gasteiger charge is 2.16. The van der Waals surface area contributed by atoms with Crippen LogP contribution in [-0.2, 0) is 16.6 Å². The van der Waals surface area contributed by atoms with Crippen molar-refractivity contribution < 1.29 is 17.6 Å². The summed E-state index contributed by atoms with van der Waals surface area (Å²) in [6, 6.07) is 6.81. The summed E-state index contributed by atoms with van der Waals surface area (Å²) in [6.45, 7) is 3.37. The second-order valence-electron chi connectivity index (χ2n) is 5.77. The van der Waals surface area contributed by atoms with Crippen LogP contribution in [-0.4, -0.2) is 36.5 Å². The summed E-state index contributed by atoms with van der Waals surface area (Å²) in [5.41, 5.74) is 1.96. The van der Waals surface area contributed by atoms with Crippen molar-refractivity contribution in [3.8, 4) is 0 Å². The van der Waals surface area contributed by atoms with Gasteiger partial charge < -0.3 is 10.6 Å². The van der Waals surface area contributed by atoms with E-state index in [1.807, 2.05) is 6.92 Å². The topological polar surface area (TPSA) is 91.4 Å². The summed E-state index contributed by atoms with van der Waals surface area (Å²) < 4.78 is 38.6. The summed E-state index contributed by atoms with van der Waals surface area (Å²) in [5.74, 6) is -0.617. The fourth-order valence-electron chi connectivity index (χ4n) is 2.22. The largest absolute Gasteiger partial charge is 0.323 e. The second-order valence-corrected chi connectivity index (χ2v) is 8.14. The van der Waals surface area contributed by atoms with E-state index in [0.717, 1.165) is 16.1 Å². The SMILES string of the molecule is CCS(=O)(=O)N(C)Cc1cc(F)cc(NC(=O)Nc2ccc(C)nc2)c1. The van der Waals surface area contributed by atoms with E-state index in [1.54, 1.807) is 12.1 Å². The number of sulfonamides is 1. The molecule has 0 saturated heterocycles. The highest BCUT2D eigenvalue weighted by Crippen LogP contribution is 2.17. The molecule has 0 spiro atoms. The number of carbonyl (C=O) groups excluding carboxylic acids is 1. The molecule has 0 unspecified atom stereocenters. The Hall–Kier alpha value is -2.52. The van der Waals surface area contributed by atoms with Crippen molar-refractivity contribution >= 4 is 27.4 Å². The molecule has 0 atom stereocenters. The van der Waals surface area contributed by atoms with Gasteiger partial charge in [0.25, 0.3) is 0 Å². The summed E-state index contributed by atoms with van der Waals surface area (Å²) in [6.07, 6.45) is 1.51. The van der Waals surface area contributed by atoms with E-state index in [1.165, 1.54) is 32.3 Å². The van der Waals surface area contributed by atoms with Gasteiger partial charge in [0.1, 0.15) is 5.82 Å². The number of nitrogens with one attached hydrogen (secondary N) is 2. The fraction of sp³-hybridized carbons (Fsp3) is 0.294. The Labute approximate surface area is 152 Å². The Morgan fingerprint density at radius 3 is 2.50 bits per heavy atom. The molecule has 1 heterocycles. The van der Waals surface area contributed by atoms with Gasteiger partial charge in [0, 0.05) is 25.0 Å². The average molecular weight is 380 g/mol. The number of urea groups is 1. The van der Waals surface area contributed by atoms with Crippen molar-refractivity contribution in [1.29, 1.82) is 0 Å². The molecule has 1 aromatic carbocycles. The summed E-state index contributed by atoms with van der Waals surface area (Å²) in [4.78, 5) is 16.1. The molecule has 0 aliphatic heterocycles. The van der Waals surface area contributed by atoms with Gasteiger partial charge in [-0.05, 0) is 49.7 Å². The van der Waals surface area contributed by atoms with Crippen LogP contribution in [0, 0.1) is 12.7 Å². The molecule has 2 rings (SSSR count). The van der Waals surface area contributed by atoms with Crippen molar-refractivity contribution in [2.75, 3.05) is 23.4 Å². The number of anilines is 2. The third kappa shape index (κ3) is 5.50. The lowest BCUT2D eigenvalue weighted by Gasteiger charge is -2.17. The zero-order chi connectivity index (χ0) is 19.3.